The number of primary amides is 1. The van der Waals surface area contributed by atoms with Crippen molar-refractivity contribution >= 4 is 30.7 Å². The summed E-state index contributed by atoms with van der Waals surface area (Å²) in [5.74, 6) is -0.471. The lowest BCUT2D eigenvalue weighted by molar-refractivity contribution is 0.1000. The molecular formula is C7H11Cl2N3O. The number of halogens is 2. The molecule has 0 unspecified atom stereocenters. The smallest absolute Gasteiger partial charge is 0.250 e. The lowest BCUT2D eigenvalue weighted by atomic mass is 10.2. The number of nitrogens with zero attached hydrogens (tertiary/aromatic N) is 1. The number of rotatable bonds is 2. The third-order valence-electron chi connectivity index (χ3n) is 1.32. The summed E-state index contributed by atoms with van der Waals surface area (Å²) >= 11 is 0. The van der Waals surface area contributed by atoms with E-state index in [0.29, 0.717) is 12.1 Å². The van der Waals surface area contributed by atoms with Gasteiger partial charge in [0.15, 0.2) is 0 Å². The molecule has 1 rings (SSSR count). The molecular weight excluding hydrogens is 213 g/mol. The predicted octanol–water partition coefficient (Wildman–Crippen LogP) is 0.483. The minimum absolute atomic E-state index is 0. The molecule has 0 aliphatic rings. The summed E-state index contributed by atoms with van der Waals surface area (Å²) in [6.07, 6.45) is 1.42. The lowest BCUT2D eigenvalue weighted by Gasteiger charge is -1.96. The van der Waals surface area contributed by atoms with Crippen LogP contribution >= 0.6 is 24.8 Å². The Morgan fingerprint density at radius 2 is 2.00 bits per heavy atom. The number of hydrogen-bond donors (Lipinski definition) is 2. The van der Waals surface area contributed by atoms with Crippen molar-refractivity contribution in [3.8, 4) is 0 Å². The molecule has 1 amide bonds. The number of hydrogen-bond acceptors (Lipinski definition) is 3. The highest BCUT2D eigenvalue weighted by molar-refractivity contribution is 5.92. The average Bonchev–Trinajstić information content (AvgIpc) is 2.05. The Morgan fingerprint density at radius 3 is 2.31 bits per heavy atom. The first-order chi connectivity index (χ1) is 5.24. The second-order valence-corrected chi connectivity index (χ2v) is 2.11. The highest BCUT2D eigenvalue weighted by Crippen LogP contribution is 1.97. The van der Waals surface area contributed by atoms with Gasteiger partial charge in [-0.2, -0.15) is 0 Å². The van der Waals surface area contributed by atoms with Gasteiger partial charge >= 0.3 is 0 Å². The number of aromatic nitrogens is 1. The van der Waals surface area contributed by atoms with Crippen molar-refractivity contribution < 1.29 is 4.79 Å². The maximum atomic E-state index is 10.6. The van der Waals surface area contributed by atoms with Crippen molar-refractivity contribution in [1.82, 2.24) is 4.98 Å². The van der Waals surface area contributed by atoms with Crippen LogP contribution in [0.2, 0.25) is 0 Å². The SMILES string of the molecule is Cl.Cl.NCc1ccc(C(N)=O)cn1. The average molecular weight is 224 g/mol. The Morgan fingerprint density at radius 1 is 1.38 bits per heavy atom. The summed E-state index contributed by atoms with van der Waals surface area (Å²) in [5.41, 5.74) is 11.4. The molecule has 13 heavy (non-hydrogen) atoms. The zero-order chi connectivity index (χ0) is 8.27. The van der Waals surface area contributed by atoms with Crippen LogP contribution in [0.25, 0.3) is 0 Å². The van der Waals surface area contributed by atoms with Crippen molar-refractivity contribution in [1.29, 1.82) is 0 Å². The van der Waals surface area contributed by atoms with E-state index >= 15 is 0 Å². The van der Waals surface area contributed by atoms with Gasteiger partial charge in [0.1, 0.15) is 0 Å². The second-order valence-electron chi connectivity index (χ2n) is 2.11. The zero-order valence-electron chi connectivity index (χ0n) is 6.77. The van der Waals surface area contributed by atoms with Gasteiger partial charge in [0.05, 0.1) is 11.3 Å². The van der Waals surface area contributed by atoms with Crippen LogP contribution in [0.3, 0.4) is 0 Å². The Labute approximate surface area is 88.5 Å². The van der Waals surface area contributed by atoms with E-state index in [2.05, 4.69) is 4.98 Å². The summed E-state index contributed by atoms with van der Waals surface area (Å²) in [6, 6.07) is 3.29. The van der Waals surface area contributed by atoms with Gasteiger partial charge in [-0.3, -0.25) is 9.78 Å². The van der Waals surface area contributed by atoms with Gasteiger partial charge in [-0.1, -0.05) is 0 Å². The van der Waals surface area contributed by atoms with Crippen molar-refractivity contribution in [2.75, 3.05) is 0 Å². The maximum absolute atomic E-state index is 10.6. The molecule has 1 aromatic heterocycles. The van der Waals surface area contributed by atoms with Crippen molar-refractivity contribution in [3.63, 3.8) is 0 Å². The fourth-order valence-electron chi connectivity index (χ4n) is 0.691. The zero-order valence-corrected chi connectivity index (χ0v) is 8.40. The van der Waals surface area contributed by atoms with Crippen molar-refractivity contribution in [2.24, 2.45) is 11.5 Å². The lowest BCUT2D eigenvalue weighted by Crippen LogP contribution is -2.11. The summed E-state index contributed by atoms with van der Waals surface area (Å²) in [4.78, 5) is 14.4. The molecule has 0 fully saturated rings. The molecule has 0 saturated carbocycles. The number of carbonyl (C=O) groups is 1. The topological polar surface area (TPSA) is 82.0 Å². The van der Waals surface area contributed by atoms with Gasteiger partial charge < -0.3 is 11.5 Å². The van der Waals surface area contributed by atoms with Crippen molar-refractivity contribution in [3.05, 3.63) is 29.6 Å². The minimum Gasteiger partial charge on any atom is -0.366 e. The van der Waals surface area contributed by atoms with E-state index in [1.54, 1.807) is 12.1 Å². The van der Waals surface area contributed by atoms with Crippen LogP contribution in [0, 0.1) is 0 Å². The van der Waals surface area contributed by atoms with Crippen LogP contribution in [0.1, 0.15) is 16.1 Å². The maximum Gasteiger partial charge on any atom is 0.250 e. The highest BCUT2D eigenvalue weighted by atomic mass is 35.5. The number of nitrogens with two attached hydrogens (primary N) is 2. The summed E-state index contributed by atoms with van der Waals surface area (Å²) in [7, 11) is 0. The van der Waals surface area contributed by atoms with Crippen LogP contribution in [0.5, 0.6) is 0 Å². The molecule has 0 aliphatic heterocycles. The van der Waals surface area contributed by atoms with Crippen LogP contribution < -0.4 is 11.5 Å². The number of amides is 1. The fraction of sp³-hybridized carbons (Fsp3) is 0.143. The minimum atomic E-state index is -0.471. The largest absolute Gasteiger partial charge is 0.366 e. The molecule has 0 aromatic carbocycles. The summed E-state index contributed by atoms with van der Waals surface area (Å²) in [6.45, 7) is 0.374. The van der Waals surface area contributed by atoms with Crippen molar-refractivity contribution in [2.45, 2.75) is 6.54 Å². The Bertz CT molecular complexity index is 263. The molecule has 0 radical (unpaired) electrons. The normalized spacial score (nSPS) is 8.08. The monoisotopic (exact) mass is 223 g/mol. The van der Waals surface area contributed by atoms with Crippen LogP contribution in [0.4, 0.5) is 0 Å². The summed E-state index contributed by atoms with van der Waals surface area (Å²) in [5, 5.41) is 0. The van der Waals surface area contributed by atoms with Gasteiger partial charge in [-0.25, -0.2) is 0 Å². The third kappa shape index (κ3) is 4.07. The molecule has 1 aromatic rings. The van der Waals surface area contributed by atoms with E-state index in [9.17, 15) is 4.79 Å². The van der Waals surface area contributed by atoms with E-state index in [4.69, 9.17) is 11.5 Å². The van der Waals surface area contributed by atoms with Gasteiger partial charge in [0.25, 0.3) is 0 Å². The van der Waals surface area contributed by atoms with E-state index in [0.717, 1.165) is 5.69 Å². The Balaban J connectivity index is 0. The molecule has 4 nitrogen and oxygen atoms in total. The van der Waals surface area contributed by atoms with E-state index in [1.165, 1.54) is 6.20 Å². The fourth-order valence-corrected chi connectivity index (χ4v) is 0.691. The molecule has 4 N–H and O–H groups in total. The Hall–Kier alpha value is -0.840. The Kier molecular flexibility index (Phi) is 7.51. The predicted molar refractivity (Wildman–Crippen MR) is 55.1 cm³/mol. The van der Waals surface area contributed by atoms with Crippen LogP contribution in [-0.4, -0.2) is 10.9 Å². The first-order valence-electron chi connectivity index (χ1n) is 3.19. The molecule has 6 heteroatoms. The van der Waals surface area contributed by atoms with Crippen LogP contribution in [0.15, 0.2) is 18.3 Å². The standard InChI is InChI=1S/C7H9N3O.2ClH/c8-3-6-2-1-5(4-10-6)7(9)11;;/h1-2,4H,3,8H2,(H2,9,11);2*1H. The number of pyridine rings is 1. The number of carbonyl (C=O) groups excluding carboxylic acids is 1. The molecule has 74 valence electrons. The quantitative estimate of drug-likeness (QED) is 0.766. The molecule has 0 bridgehead atoms. The summed E-state index contributed by atoms with van der Waals surface area (Å²) < 4.78 is 0. The molecule has 1 heterocycles. The van der Waals surface area contributed by atoms with E-state index in [-0.39, 0.29) is 24.8 Å². The van der Waals surface area contributed by atoms with Crippen LogP contribution in [-0.2, 0) is 6.54 Å². The van der Waals surface area contributed by atoms with Gasteiger partial charge in [0, 0.05) is 12.7 Å². The molecule has 0 aliphatic carbocycles. The first-order valence-corrected chi connectivity index (χ1v) is 3.19. The highest BCUT2D eigenvalue weighted by Gasteiger charge is 1.98. The first kappa shape index (κ1) is 14.7. The van der Waals surface area contributed by atoms with E-state index < -0.39 is 5.91 Å². The second kappa shape index (κ2) is 6.65. The molecule has 0 atom stereocenters. The molecule has 0 spiro atoms. The van der Waals surface area contributed by atoms with E-state index in [1.807, 2.05) is 0 Å². The van der Waals surface area contributed by atoms with Gasteiger partial charge in [-0.05, 0) is 12.1 Å². The third-order valence-corrected chi connectivity index (χ3v) is 1.32. The molecule has 0 saturated heterocycles. The van der Waals surface area contributed by atoms with Gasteiger partial charge in [0.2, 0.25) is 5.91 Å². The van der Waals surface area contributed by atoms with Gasteiger partial charge in [-0.15, -0.1) is 24.8 Å².